The van der Waals surface area contributed by atoms with Gasteiger partial charge in [0.05, 0.1) is 7.11 Å². The summed E-state index contributed by atoms with van der Waals surface area (Å²) in [5.74, 6) is 1.77. The van der Waals surface area contributed by atoms with Crippen molar-refractivity contribution in [1.29, 1.82) is 0 Å². The Morgan fingerprint density at radius 3 is 2.46 bits per heavy atom. The molecule has 1 aromatic carbocycles. The Hall–Kier alpha value is -1.79. The second kappa shape index (κ2) is 10.1. The lowest BCUT2D eigenvalue weighted by molar-refractivity contribution is 0.0173. The summed E-state index contributed by atoms with van der Waals surface area (Å²) in [6.07, 6.45) is 6.48. The Morgan fingerprint density at radius 2 is 1.79 bits per heavy atom. The molecule has 0 aromatic heterocycles. The molecule has 28 heavy (non-hydrogen) atoms. The molecule has 0 bridgehead atoms. The Bertz CT molecular complexity index is 634. The van der Waals surface area contributed by atoms with Crippen LogP contribution in [-0.4, -0.2) is 75.2 Å². The van der Waals surface area contributed by atoms with Gasteiger partial charge in [-0.25, -0.2) is 0 Å². The van der Waals surface area contributed by atoms with Gasteiger partial charge in [-0.3, -0.25) is 9.89 Å². The highest BCUT2D eigenvalue weighted by Gasteiger charge is 2.39. The maximum Gasteiger partial charge on any atom is 0.191 e. The molecule has 0 aliphatic carbocycles. The van der Waals surface area contributed by atoms with Crippen molar-refractivity contribution in [2.75, 3.05) is 53.9 Å². The van der Waals surface area contributed by atoms with Gasteiger partial charge in [-0.2, -0.15) is 0 Å². The summed E-state index contributed by atoms with van der Waals surface area (Å²) >= 11 is 0. The first kappa shape index (κ1) is 20.9. The lowest BCUT2D eigenvalue weighted by atomic mass is 9.84. The van der Waals surface area contributed by atoms with E-state index in [1.807, 2.05) is 25.2 Å². The van der Waals surface area contributed by atoms with Gasteiger partial charge < -0.3 is 20.3 Å². The average molecular weight is 388 g/mol. The van der Waals surface area contributed by atoms with Crippen LogP contribution in [0.5, 0.6) is 5.75 Å². The van der Waals surface area contributed by atoms with Crippen LogP contribution in [0.15, 0.2) is 29.3 Å². The van der Waals surface area contributed by atoms with E-state index in [1.165, 1.54) is 58.3 Å². The van der Waals surface area contributed by atoms with Crippen LogP contribution in [0.2, 0.25) is 0 Å². The second-order valence-electron chi connectivity index (χ2n) is 8.17. The number of hydrogen-bond donors (Lipinski definition) is 2. The van der Waals surface area contributed by atoms with E-state index in [9.17, 15) is 0 Å². The van der Waals surface area contributed by atoms with Crippen LogP contribution < -0.4 is 15.4 Å². The molecule has 0 saturated carbocycles. The molecule has 2 N–H and O–H groups in total. The van der Waals surface area contributed by atoms with E-state index in [-0.39, 0.29) is 5.54 Å². The molecule has 2 aliphatic heterocycles. The summed E-state index contributed by atoms with van der Waals surface area (Å²) in [4.78, 5) is 9.67. The Kier molecular flexibility index (Phi) is 7.57. The van der Waals surface area contributed by atoms with E-state index in [4.69, 9.17) is 4.74 Å². The maximum atomic E-state index is 5.46. The van der Waals surface area contributed by atoms with Gasteiger partial charge in [0, 0.05) is 31.2 Å². The second-order valence-corrected chi connectivity index (χ2v) is 8.17. The van der Waals surface area contributed by atoms with Crippen molar-refractivity contribution < 1.29 is 4.74 Å². The number of nitrogens with zero attached hydrogens (tertiary/aromatic N) is 3. The third-order valence-electron chi connectivity index (χ3n) is 6.39. The van der Waals surface area contributed by atoms with Gasteiger partial charge in [-0.1, -0.05) is 24.6 Å². The quantitative estimate of drug-likeness (QED) is 0.580. The Labute approximate surface area is 170 Å². The highest BCUT2D eigenvalue weighted by molar-refractivity contribution is 5.79. The fourth-order valence-electron chi connectivity index (χ4n) is 4.50. The van der Waals surface area contributed by atoms with Gasteiger partial charge >= 0.3 is 0 Å². The normalized spacial score (nSPS) is 21.3. The topological polar surface area (TPSA) is 52.1 Å². The van der Waals surface area contributed by atoms with Crippen molar-refractivity contribution in [3.8, 4) is 5.75 Å². The molecule has 6 nitrogen and oxygen atoms in total. The number of guanidine groups is 1. The number of benzene rings is 1. The van der Waals surface area contributed by atoms with Gasteiger partial charge in [0.1, 0.15) is 5.75 Å². The molecule has 0 atom stereocenters. The number of para-hydroxylation sites is 1. The lowest BCUT2D eigenvalue weighted by Crippen LogP contribution is -2.62. The van der Waals surface area contributed by atoms with Crippen molar-refractivity contribution in [2.24, 2.45) is 4.99 Å². The van der Waals surface area contributed by atoms with E-state index in [1.54, 1.807) is 7.11 Å². The fourth-order valence-corrected chi connectivity index (χ4v) is 4.50. The predicted octanol–water partition coefficient (Wildman–Crippen LogP) is 2.31. The first-order valence-electron chi connectivity index (χ1n) is 10.7. The van der Waals surface area contributed by atoms with Crippen LogP contribution >= 0.6 is 0 Å². The van der Waals surface area contributed by atoms with E-state index in [2.05, 4.69) is 38.5 Å². The van der Waals surface area contributed by atoms with E-state index in [0.29, 0.717) is 6.54 Å². The largest absolute Gasteiger partial charge is 0.496 e. The number of aliphatic imine (C=N–C) groups is 1. The third kappa shape index (κ3) is 5.17. The zero-order valence-corrected chi connectivity index (χ0v) is 17.8. The summed E-state index contributed by atoms with van der Waals surface area (Å²) in [7, 11) is 5.80. The van der Waals surface area contributed by atoms with Crippen molar-refractivity contribution in [3.05, 3.63) is 29.8 Å². The number of hydrogen-bond acceptors (Lipinski definition) is 4. The van der Waals surface area contributed by atoms with Crippen molar-refractivity contribution >= 4 is 5.96 Å². The van der Waals surface area contributed by atoms with Crippen molar-refractivity contribution in [1.82, 2.24) is 20.4 Å². The molecule has 2 saturated heterocycles. The Morgan fingerprint density at radius 1 is 1.07 bits per heavy atom. The van der Waals surface area contributed by atoms with Crippen LogP contribution in [-0.2, 0) is 6.54 Å². The first-order valence-corrected chi connectivity index (χ1v) is 10.7. The molecule has 2 fully saturated rings. The number of ether oxygens (including phenoxy) is 1. The van der Waals surface area contributed by atoms with Gasteiger partial charge in [0.15, 0.2) is 5.96 Å². The average Bonchev–Trinajstić information content (AvgIpc) is 2.76. The van der Waals surface area contributed by atoms with E-state index in [0.717, 1.165) is 23.8 Å². The zero-order chi connectivity index (χ0) is 19.8. The summed E-state index contributed by atoms with van der Waals surface area (Å²) in [6.45, 7) is 6.46. The van der Waals surface area contributed by atoms with Crippen molar-refractivity contribution in [2.45, 2.75) is 44.2 Å². The van der Waals surface area contributed by atoms with Crippen LogP contribution in [0.1, 0.15) is 37.7 Å². The molecule has 0 amide bonds. The minimum absolute atomic E-state index is 0.245. The molecule has 3 rings (SSSR count). The first-order chi connectivity index (χ1) is 13.7. The molecular weight excluding hydrogens is 350 g/mol. The number of rotatable bonds is 6. The molecule has 0 radical (unpaired) electrons. The maximum absolute atomic E-state index is 5.46. The number of piperidine rings is 2. The fraction of sp³-hybridized carbons (Fsp3) is 0.682. The third-order valence-corrected chi connectivity index (χ3v) is 6.39. The molecular formula is C22H37N5O. The van der Waals surface area contributed by atoms with Gasteiger partial charge in [0.2, 0.25) is 0 Å². The summed E-state index contributed by atoms with van der Waals surface area (Å²) in [6, 6.07) is 8.12. The molecule has 0 spiro atoms. The standard InChI is InChI=1S/C22H37N5O/c1-23-21(24-17-19-9-5-6-10-20(19)28-3)25-18-22(11-15-26(2)16-12-22)27-13-7-4-8-14-27/h5-6,9-10H,4,7-8,11-18H2,1-3H3,(H2,23,24,25). The minimum Gasteiger partial charge on any atom is -0.496 e. The lowest BCUT2D eigenvalue weighted by Gasteiger charge is -2.50. The van der Waals surface area contributed by atoms with E-state index >= 15 is 0 Å². The zero-order valence-electron chi connectivity index (χ0n) is 17.8. The summed E-state index contributed by atoms with van der Waals surface area (Å²) in [5, 5.41) is 7.10. The minimum atomic E-state index is 0.245. The van der Waals surface area contributed by atoms with Gasteiger partial charge in [-0.05, 0) is 65.0 Å². The number of methoxy groups -OCH3 is 1. The number of likely N-dealkylation sites (tertiary alicyclic amines) is 2. The van der Waals surface area contributed by atoms with Gasteiger partial charge in [0.25, 0.3) is 0 Å². The van der Waals surface area contributed by atoms with Gasteiger partial charge in [-0.15, -0.1) is 0 Å². The van der Waals surface area contributed by atoms with Crippen molar-refractivity contribution in [3.63, 3.8) is 0 Å². The van der Waals surface area contributed by atoms with E-state index < -0.39 is 0 Å². The predicted molar refractivity (Wildman–Crippen MR) is 116 cm³/mol. The van der Waals surface area contributed by atoms with Crippen LogP contribution in [0, 0.1) is 0 Å². The molecule has 2 aliphatic rings. The van der Waals surface area contributed by atoms with Crippen LogP contribution in [0.4, 0.5) is 0 Å². The van der Waals surface area contributed by atoms with Crippen LogP contribution in [0.3, 0.4) is 0 Å². The smallest absolute Gasteiger partial charge is 0.191 e. The number of nitrogens with one attached hydrogen (secondary N) is 2. The molecule has 0 unspecified atom stereocenters. The highest BCUT2D eigenvalue weighted by atomic mass is 16.5. The molecule has 2 heterocycles. The molecule has 156 valence electrons. The SMILES string of the molecule is CN=C(NCc1ccccc1OC)NCC1(N2CCCCC2)CCN(C)CC1. The molecule has 1 aromatic rings. The molecule has 6 heteroatoms. The highest BCUT2D eigenvalue weighted by Crippen LogP contribution is 2.30. The van der Waals surface area contributed by atoms with Crippen LogP contribution in [0.25, 0.3) is 0 Å². The Balaban J connectivity index is 1.60. The summed E-state index contributed by atoms with van der Waals surface area (Å²) < 4.78 is 5.46. The summed E-state index contributed by atoms with van der Waals surface area (Å²) in [5.41, 5.74) is 1.38. The monoisotopic (exact) mass is 387 g/mol.